The molecule has 21 heavy (non-hydrogen) atoms. The molecule has 1 saturated heterocycles. The van der Waals surface area contributed by atoms with E-state index in [2.05, 4.69) is 25.4 Å². The molecule has 0 saturated carbocycles. The van der Waals surface area contributed by atoms with E-state index in [1.165, 1.54) is 18.5 Å². The summed E-state index contributed by atoms with van der Waals surface area (Å²) in [6.07, 6.45) is 3.12. The molecule has 110 valence electrons. The number of amides is 1. The van der Waals surface area contributed by atoms with E-state index in [4.69, 9.17) is 0 Å². The number of nitrogens with zero attached hydrogens (tertiary/aromatic N) is 3. The van der Waals surface area contributed by atoms with E-state index in [0.29, 0.717) is 12.5 Å². The van der Waals surface area contributed by atoms with Crippen molar-refractivity contribution in [1.82, 2.24) is 20.1 Å². The minimum absolute atomic E-state index is 0.0913. The van der Waals surface area contributed by atoms with Gasteiger partial charge in [-0.25, -0.2) is 9.49 Å². The third-order valence-electron chi connectivity index (χ3n) is 3.62. The zero-order valence-corrected chi connectivity index (χ0v) is 11.4. The highest BCUT2D eigenvalue weighted by Gasteiger charge is 2.30. The summed E-state index contributed by atoms with van der Waals surface area (Å²) in [6, 6.07) is 6.18. The average Bonchev–Trinajstić information content (AvgIpc) is 3.13. The Morgan fingerprint density at radius 3 is 2.95 bits per heavy atom. The molecule has 3 rings (SSSR count). The van der Waals surface area contributed by atoms with E-state index in [1.54, 1.807) is 12.1 Å². The van der Waals surface area contributed by atoms with E-state index >= 15 is 0 Å². The second kappa shape index (κ2) is 6.01. The molecule has 1 atom stereocenters. The van der Waals surface area contributed by atoms with Crippen LogP contribution in [-0.4, -0.2) is 38.6 Å². The molecule has 1 amide bonds. The zero-order chi connectivity index (χ0) is 14.7. The van der Waals surface area contributed by atoms with Crippen LogP contribution in [0.3, 0.4) is 0 Å². The quantitative estimate of drug-likeness (QED) is 0.895. The molecule has 2 heterocycles. The van der Waals surface area contributed by atoms with Crippen molar-refractivity contribution in [3.8, 4) is 0 Å². The van der Waals surface area contributed by atoms with Crippen molar-refractivity contribution in [2.45, 2.75) is 25.4 Å². The SMILES string of the molecule is O=C(Nc1ncn[nH]1)[C@@H]1CCCN1Cc1ccc(F)cc1. The lowest BCUT2D eigenvalue weighted by molar-refractivity contribution is -0.120. The molecule has 0 aliphatic carbocycles. The second-order valence-corrected chi connectivity index (χ2v) is 5.08. The van der Waals surface area contributed by atoms with Gasteiger partial charge in [0, 0.05) is 6.54 Å². The van der Waals surface area contributed by atoms with Gasteiger partial charge in [-0.15, -0.1) is 0 Å². The van der Waals surface area contributed by atoms with Crippen LogP contribution in [-0.2, 0) is 11.3 Å². The van der Waals surface area contributed by atoms with Gasteiger partial charge in [0.1, 0.15) is 12.1 Å². The van der Waals surface area contributed by atoms with Crippen molar-refractivity contribution in [3.05, 3.63) is 42.0 Å². The molecule has 0 unspecified atom stereocenters. The Balaban J connectivity index is 1.64. The lowest BCUT2D eigenvalue weighted by Crippen LogP contribution is -2.39. The van der Waals surface area contributed by atoms with E-state index in [-0.39, 0.29) is 17.8 Å². The van der Waals surface area contributed by atoms with Crippen LogP contribution >= 0.6 is 0 Å². The first-order valence-electron chi connectivity index (χ1n) is 6.87. The number of carbonyl (C=O) groups is 1. The molecule has 1 aromatic carbocycles. The molecule has 7 heteroatoms. The summed E-state index contributed by atoms with van der Waals surface area (Å²) in [5, 5.41) is 9.02. The van der Waals surface area contributed by atoms with Gasteiger partial charge in [-0.05, 0) is 37.1 Å². The molecule has 1 aromatic heterocycles. The standard InChI is InChI=1S/C14H16FN5O/c15-11-5-3-10(4-6-11)8-20-7-1-2-12(20)13(21)18-14-16-9-17-19-14/h3-6,9,12H,1-2,7-8H2,(H2,16,17,18,19,21)/t12-/m0/s1. The molecular weight excluding hydrogens is 273 g/mol. The number of benzene rings is 1. The maximum absolute atomic E-state index is 12.9. The van der Waals surface area contributed by atoms with Crippen LogP contribution in [0.25, 0.3) is 0 Å². The first kappa shape index (κ1) is 13.7. The van der Waals surface area contributed by atoms with Crippen LogP contribution in [0.1, 0.15) is 18.4 Å². The Hall–Kier alpha value is -2.28. The van der Waals surface area contributed by atoms with E-state index in [0.717, 1.165) is 24.9 Å². The summed E-state index contributed by atoms with van der Waals surface area (Å²) in [5.41, 5.74) is 0.996. The number of rotatable bonds is 4. The van der Waals surface area contributed by atoms with Gasteiger partial charge in [-0.3, -0.25) is 15.0 Å². The third kappa shape index (κ3) is 3.25. The Morgan fingerprint density at radius 1 is 1.43 bits per heavy atom. The van der Waals surface area contributed by atoms with Gasteiger partial charge in [-0.2, -0.15) is 10.1 Å². The highest BCUT2D eigenvalue weighted by Crippen LogP contribution is 2.21. The predicted molar refractivity (Wildman–Crippen MR) is 74.8 cm³/mol. The molecule has 2 N–H and O–H groups in total. The molecule has 0 radical (unpaired) electrons. The molecule has 1 aliphatic heterocycles. The number of anilines is 1. The minimum Gasteiger partial charge on any atom is -0.294 e. The van der Waals surface area contributed by atoms with E-state index in [1.807, 2.05) is 0 Å². The molecule has 2 aromatic rings. The largest absolute Gasteiger partial charge is 0.294 e. The second-order valence-electron chi connectivity index (χ2n) is 5.08. The van der Waals surface area contributed by atoms with Gasteiger partial charge in [0.2, 0.25) is 11.9 Å². The number of aromatic amines is 1. The molecule has 1 aliphatic rings. The van der Waals surface area contributed by atoms with Crippen molar-refractivity contribution in [1.29, 1.82) is 0 Å². The van der Waals surface area contributed by atoms with Crippen LogP contribution < -0.4 is 5.32 Å². The third-order valence-corrected chi connectivity index (χ3v) is 3.62. The first-order valence-corrected chi connectivity index (χ1v) is 6.87. The van der Waals surface area contributed by atoms with Crippen LogP contribution in [0.15, 0.2) is 30.6 Å². The fourth-order valence-corrected chi connectivity index (χ4v) is 2.60. The zero-order valence-electron chi connectivity index (χ0n) is 11.4. The molecule has 6 nitrogen and oxygen atoms in total. The monoisotopic (exact) mass is 289 g/mol. The average molecular weight is 289 g/mol. The number of aromatic nitrogens is 3. The van der Waals surface area contributed by atoms with Crippen LogP contribution in [0.4, 0.5) is 10.3 Å². The van der Waals surface area contributed by atoms with Crippen molar-refractivity contribution in [2.24, 2.45) is 0 Å². The summed E-state index contributed by atoms with van der Waals surface area (Å²) >= 11 is 0. The summed E-state index contributed by atoms with van der Waals surface area (Å²) in [7, 11) is 0. The van der Waals surface area contributed by atoms with Crippen molar-refractivity contribution < 1.29 is 9.18 Å². The Morgan fingerprint density at radius 2 is 2.24 bits per heavy atom. The van der Waals surface area contributed by atoms with Gasteiger partial charge >= 0.3 is 0 Å². The fraction of sp³-hybridized carbons (Fsp3) is 0.357. The normalized spacial score (nSPS) is 18.8. The highest BCUT2D eigenvalue weighted by molar-refractivity contribution is 5.93. The number of hydrogen-bond acceptors (Lipinski definition) is 4. The number of H-pyrrole nitrogens is 1. The summed E-state index contributed by atoms with van der Waals surface area (Å²) in [5.74, 6) is 0.0137. The molecule has 0 bridgehead atoms. The smallest absolute Gasteiger partial charge is 0.244 e. The Labute approximate surface area is 121 Å². The van der Waals surface area contributed by atoms with Gasteiger partial charge in [0.25, 0.3) is 0 Å². The van der Waals surface area contributed by atoms with Crippen LogP contribution in [0.2, 0.25) is 0 Å². The van der Waals surface area contributed by atoms with Gasteiger partial charge in [0.15, 0.2) is 0 Å². The van der Waals surface area contributed by atoms with E-state index in [9.17, 15) is 9.18 Å². The maximum Gasteiger partial charge on any atom is 0.244 e. The lowest BCUT2D eigenvalue weighted by Gasteiger charge is -2.23. The first-order chi connectivity index (χ1) is 10.2. The van der Waals surface area contributed by atoms with Gasteiger partial charge < -0.3 is 0 Å². The predicted octanol–water partition coefficient (Wildman–Crippen LogP) is 1.55. The van der Waals surface area contributed by atoms with Crippen molar-refractivity contribution in [3.63, 3.8) is 0 Å². The highest BCUT2D eigenvalue weighted by atomic mass is 19.1. The van der Waals surface area contributed by atoms with Gasteiger partial charge in [0.05, 0.1) is 6.04 Å². The Bertz CT molecular complexity index is 598. The fourth-order valence-electron chi connectivity index (χ4n) is 2.60. The summed E-state index contributed by atoms with van der Waals surface area (Å²) in [6.45, 7) is 1.49. The van der Waals surface area contributed by atoms with Crippen LogP contribution in [0, 0.1) is 5.82 Å². The maximum atomic E-state index is 12.9. The number of hydrogen-bond donors (Lipinski definition) is 2. The lowest BCUT2D eigenvalue weighted by atomic mass is 10.1. The topological polar surface area (TPSA) is 73.9 Å². The summed E-state index contributed by atoms with van der Waals surface area (Å²) in [4.78, 5) is 18.3. The number of halogens is 1. The minimum atomic E-state index is -0.250. The molecule has 1 fully saturated rings. The van der Waals surface area contributed by atoms with E-state index < -0.39 is 0 Å². The summed E-state index contributed by atoms with van der Waals surface area (Å²) < 4.78 is 12.9. The van der Waals surface area contributed by atoms with Crippen molar-refractivity contribution in [2.75, 3.05) is 11.9 Å². The molecule has 0 spiro atoms. The number of nitrogens with one attached hydrogen (secondary N) is 2. The van der Waals surface area contributed by atoms with Gasteiger partial charge in [-0.1, -0.05) is 12.1 Å². The Kier molecular flexibility index (Phi) is 3.92. The number of likely N-dealkylation sites (tertiary alicyclic amines) is 1. The van der Waals surface area contributed by atoms with Crippen molar-refractivity contribution >= 4 is 11.9 Å². The van der Waals surface area contributed by atoms with Crippen LogP contribution in [0.5, 0.6) is 0 Å². The number of carbonyl (C=O) groups excluding carboxylic acids is 1. The molecular formula is C14H16FN5O.